The number of hydrogen-bond acceptors (Lipinski definition) is 3. The fourth-order valence-corrected chi connectivity index (χ4v) is 1.07. The molecule has 1 aromatic heterocycles. The minimum absolute atomic E-state index is 0.0851. The number of nitrogens with zero attached hydrogens (tertiary/aromatic N) is 1. The Morgan fingerprint density at radius 2 is 2.12 bits per heavy atom. The summed E-state index contributed by atoms with van der Waals surface area (Å²) in [6.45, 7) is 8.98. The zero-order valence-corrected chi connectivity index (χ0v) is 10.3. The molecule has 1 rings (SSSR count). The molecule has 1 aromatic rings. The van der Waals surface area contributed by atoms with Crippen LogP contribution in [-0.2, 0) is 6.54 Å². The van der Waals surface area contributed by atoms with E-state index >= 15 is 0 Å². The largest absolute Gasteiger partial charge is 0.449 e. The van der Waals surface area contributed by atoms with Crippen LogP contribution in [0.4, 0.5) is 4.79 Å². The number of rotatable bonds is 3. The van der Waals surface area contributed by atoms with Crippen LogP contribution in [-0.4, -0.2) is 17.6 Å². The Labute approximate surface area is 95.6 Å². The van der Waals surface area contributed by atoms with Gasteiger partial charge in [-0.25, -0.2) is 9.78 Å². The number of oxazole rings is 1. The molecule has 0 aliphatic heterocycles. The molecular weight excluding hydrogens is 206 g/mol. The maximum Gasteiger partial charge on any atom is 0.315 e. The minimum Gasteiger partial charge on any atom is -0.449 e. The predicted molar refractivity (Wildman–Crippen MR) is 60.9 cm³/mol. The molecule has 0 saturated carbocycles. The molecule has 2 amide bonds. The fraction of sp³-hybridized carbons (Fsp3) is 0.636. The predicted octanol–water partition coefficient (Wildman–Crippen LogP) is 1.83. The molecule has 5 heteroatoms. The summed E-state index contributed by atoms with van der Waals surface area (Å²) in [5.74, 6) is 0.604. The minimum atomic E-state index is -0.185. The summed E-state index contributed by atoms with van der Waals surface area (Å²) in [6, 6.07) is -0.185. The van der Waals surface area contributed by atoms with Crippen molar-refractivity contribution in [3.63, 3.8) is 0 Å². The van der Waals surface area contributed by atoms with Gasteiger partial charge in [0.05, 0.1) is 12.2 Å². The molecule has 5 nitrogen and oxygen atoms in total. The van der Waals surface area contributed by atoms with Gasteiger partial charge in [0, 0.05) is 13.5 Å². The third-order valence-electron chi connectivity index (χ3n) is 1.88. The van der Waals surface area contributed by atoms with Gasteiger partial charge in [-0.1, -0.05) is 20.8 Å². The Balaban J connectivity index is 2.25. The van der Waals surface area contributed by atoms with Crippen molar-refractivity contribution in [3.8, 4) is 0 Å². The summed E-state index contributed by atoms with van der Waals surface area (Å²) in [5, 5.41) is 5.50. The number of amides is 2. The van der Waals surface area contributed by atoms with E-state index in [1.54, 1.807) is 13.2 Å². The maximum absolute atomic E-state index is 11.4. The lowest BCUT2D eigenvalue weighted by atomic mass is 9.97. The number of aryl methyl sites for hydroxylation is 1. The summed E-state index contributed by atoms with van der Waals surface area (Å²) < 4.78 is 5.03. The van der Waals surface area contributed by atoms with E-state index in [9.17, 15) is 4.79 Å². The summed E-state index contributed by atoms with van der Waals surface area (Å²) in [6.07, 6.45) is 1.54. The summed E-state index contributed by atoms with van der Waals surface area (Å²) in [4.78, 5) is 15.5. The smallest absolute Gasteiger partial charge is 0.315 e. The molecule has 0 atom stereocenters. The Morgan fingerprint density at radius 3 is 2.62 bits per heavy atom. The average Bonchev–Trinajstić information content (AvgIpc) is 2.57. The molecule has 90 valence electrons. The van der Waals surface area contributed by atoms with Crippen LogP contribution < -0.4 is 10.6 Å². The molecule has 0 saturated heterocycles. The van der Waals surface area contributed by atoms with Gasteiger partial charge in [0.1, 0.15) is 6.26 Å². The van der Waals surface area contributed by atoms with E-state index in [-0.39, 0.29) is 11.4 Å². The number of carbonyl (C=O) groups excluding carboxylic acids is 1. The highest BCUT2D eigenvalue weighted by atomic mass is 16.3. The normalized spacial score (nSPS) is 11.2. The molecule has 0 bridgehead atoms. The van der Waals surface area contributed by atoms with E-state index < -0.39 is 0 Å². The second-order valence-electron chi connectivity index (χ2n) is 4.95. The number of hydrogen-bond donors (Lipinski definition) is 2. The summed E-state index contributed by atoms with van der Waals surface area (Å²) >= 11 is 0. The highest BCUT2D eigenvalue weighted by molar-refractivity contribution is 5.73. The van der Waals surface area contributed by atoms with Gasteiger partial charge in [-0.3, -0.25) is 0 Å². The van der Waals surface area contributed by atoms with Gasteiger partial charge in [0.25, 0.3) is 0 Å². The molecule has 16 heavy (non-hydrogen) atoms. The van der Waals surface area contributed by atoms with E-state index in [1.165, 1.54) is 0 Å². The monoisotopic (exact) mass is 225 g/mol. The number of aromatic nitrogens is 1. The molecule has 0 radical (unpaired) electrons. The molecule has 0 aliphatic rings. The first kappa shape index (κ1) is 12.5. The van der Waals surface area contributed by atoms with Gasteiger partial charge in [-0.05, 0) is 5.41 Å². The molecular formula is C11H19N3O2. The molecule has 2 N–H and O–H groups in total. The molecule has 0 fully saturated rings. The number of nitrogens with one attached hydrogen (secondary N) is 2. The number of urea groups is 1. The lowest BCUT2D eigenvalue weighted by Crippen LogP contribution is -2.39. The van der Waals surface area contributed by atoms with Crippen LogP contribution in [0.15, 0.2) is 10.7 Å². The summed E-state index contributed by atoms with van der Waals surface area (Å²) in [7, 11) is 0. The van der Waals surface area contributed by atoms with Crippen molar-refractivity contribution in [1.29, 1.82) is 0 Å². The van der Waals surface area contributed by atoms with Crippen LogP contribution >= 0.6 is 0 Å². The Bertz CT molecular complexity index is 352. The zero-order valence-electron chi connectivity index (χ0n) is 10.3. The molecule has 0 spiro atoms. The van der Waals surface area contributed by atoms with Crippen LogP contribution in [0.1, 0.15) is 32.4 Å². The van der Waals surface area contributed by atoms with Crippen LogP contribution in [0.5, 0.6) is 0 Å². The van der Waals surface area contributed by atoms with E-state index in [1.807, 2.05) is 0 Å². The van der Waals surface area contributed by atoms with Crippen molar-refractivity contribution in [2.45, 2.75) is 34.2 Å². The van der Waals surface area contributed by atoms with E-state index in [4.69, 9.17) is 4.42 Å². The second-order valence-corrected chi connectivity index (χ2v) is 4.95. The summed E-state index contributed by atoms with van der Waals surface area (Å²) in [5.41, 5.74) is 0.811. The second kappa shape index (κ2) is 5.01. The SMILES string of the molecule is Cc1nc(CNC(=O)NCC(C)(C)C)co1. The van der Waals surface area contributed by atoms with Crippen LogP contribution in [0.2, 0.25) is 0 Å². The molecule has 1 heterocycles. The number of carbonyl (C=O) groups is 1. The Kier molecular flexibility index (Phi) is 3.93. The van der Waals surface area contributed by atoms with Gasteiger partial charge >= 0.3 is 6.03 Å². The molecule has 0 aliphatic carbocycles. The highest BCUT2D eigenvalue weighted by Crippen LogP contribution is 2.09. The maximum atomic E-state index is 11.4. The van der Waals surface area contributed by atoms with Crippen molar-refractivity contribution in [1.82, 2.24) is 15.6 Å². The van der Waals surface area contributed by atoms with Gasteiger partial charge in [-0.15, -0.1) is 0 Å². The van der Waals surface area contributed by atoms with Gasteiger partial charge in [-0.2, -0.15) is 0 Å². The third kappa shape index (κ3) is 4.82. The zero-order chi connectivity index (χ0) is 12.2. The topological polar surface area (TPSA) is 67.2 Å². The van der Waals surface area contributed by atoms with Crippen molar-refractivity contribution >= 4 is 6.03 Å². The Morgan fingerprint density at radius 1 is 1.44 bits per heavy atom. The van der Waals surface area contributed by atoms with Gasteiger partial charge < -0.3 is 15.1 Å². The standard InChI is InChI=1S/C11H19N3O2/c1-8-14-9(6-16-8)5-12-10(15)13-7-11(2,3)4/h6H,5,7H2,1-4H3,(H2,12,13,15). The first-order valence-corrected chi connectivity index (χ1v) is 5.29. The van der Waals surface area contributed by atoms with Crippen LogP contribution in [0, 0.1) is 12.3 Å². The van der Waals surface area contributed by atoms with Crippen molar-refractivity contribution < 1.29 is 9.21 Å². The van der Waals surface area contributed by atoms with Gasteiger partial charge in [0.15, 0.2) is 5.89 Å². The third-order valence-corrected chi connectivity index (χ3v) is 1.88. The molecule has 0 aromatic carbocycles. The first-order chi connectivity index (χ1) is 7.37. The van der Waals surface area contributed by atoms with Crippen LogP contribution in [0.25, 0.3) is 0 Å². The first-order valence-electron chi connectivity index (χ1n) is 5.29. The van der Waals surface area contributed by atoms with E-state index in [0.29, 0.717) is 19.0 Å². The lowest BCUT2D eigenvalue weighted by molar-refractivity contribution is 0.235. The van der Waals surface area contributed by atoms with E-state index in [2.05, 4.69) is 36.4 Å². The Hall–Kier alpha value is -1.52. The fourth-order valence-electron chi connectivity index (χ4n) is 1.07. The average molecular weight is 225 g/mol. The van der Waals surface area contributed by atoms with Crippen LogP contribution in [0.3, 0.4) is 0 Å². The van der Waals surface area contributed by atoms with E-state index in [0.717, 1.165) is 5.69 Å². The van der Waals surface area contributed by atoms with Crippen molar-refractivity contribution in [2.24, 2.45) is 5.41 Å². The highest BCUT2D eigenvalue weighted by Gasteiger charge is 2.11. The van der Waals surface area contributed by atoms with Crippen molar-refractivity contribution in [2.75, 3.05) is 6.54 Å². The van der Waals surface area contributed by atoms with Gasteiger partial charge in [0.2, 0.25) is 0 Å². The quantitative estimate of drug-likeness (QED) is 0.824. The van der Waals surface area contributed by atoms with Crippen molar-refractivity contribution in [3.05, 3.63) is 17.8 Å². The molecule has 0 unspecified atom stereocenters. The lowest BCUT2D eigenvalue weighted by Gasteiger charge is -2.18.